The molecular formula is C15H14ClFO2. The first kappa shape index (κ1) is 13.8. The summed E-state index contributed by atoms with van der Waals surface area (Å²) in [5.74, 6) is -0.335. The minimum atomic E-state index is -0.727. The zero-order valence-corrected chi connectivity index (χ0v) is 10.9. The van der Waals surface area contributed by atoms with Crippen LogP contribution in [0.4, 0.5) is 4.39 Å². The zero-order valence-electron chi connectivity index (χ0n) is 10.2. The number of rotatable bonds is 4. The lowest BCUT2D eigenvalue weighted by Crippen LogP contribution is -2.14. The second-order valence-corrected chi connectivity index (χ2v) is 4.85. The summed E-state index contributed by atoms with van der Waals surface area (Å²) in [6.45, 7) is 0. The fourth-order valence-corrected chi connectivity index (χ4v) is 2.18. The van der Waals surface area contributed by atoms with Crippen LogP contribution in [-0.4, -0.2) is 16.3 Å². The van der Waals surface area contributed by atoms with Gasteiger partial charge in [0.1, 0.15) is 11.6 Å². The maximum Gasteiger partial charge on any atom is 0.145 e. The van der Waals surface area contributed by atoms with Gasteiger partial charge in [0.15, 0.2) is 0 Å². The van der Waals surface area contributed by atoms with E-state index in [4.69, 9.17) is 11.6 Å². The topological polar surface area (TPSA) is 40.5 Å². The van der Waals surface area contributed by atoms with E-state index in [-0.39, 0.29) is 17.2 Å². The van der Waals surface area contributed by atoms with Gasteiger partial charge in [-0.05, 0) is 35.7 Å². The Hall–Kier alpha value is -1.58. The average molecular weight is 281 g/mol. The van der Waals surface area contributed by atoms with Crippen LogP contribution in [-0.2, 0) is 12.8 Å². The Kier molecular flexibility index (Phi) is 4.40. The molecular weight excluding hydrogens is 267 g/mol. The Morgan fingerprint density at radius 3 is 2.58 bits per heavy atom. The highest BCUT2D eigenvalue weighted by Gasteiger charge is 2.12. The predicted molar refractivity (Wildman–Crippen MR) is 72.9 cm³/mol. The molecule has 0 bridgehead atoms. The van der Waals surface area contributed by atoms with Gasteiger partial charge >= 0.3 is 0 Å². The van der Waals surface area contributed by atoms with Gasteiger partial charge in [-0.25, -0.2) is 4.39 Å². The molecule has 2 nitrogen and oxygen atoms in total. The van der Waals surface area contributed by atoms with Crippen molar-refractivity contribution in [3.8, 4) is 5.75 Å². The molecule has 0 saturated carbocycles. The van der Waals surface area contributed by atoms with Crippen LogP contribution in [0.1, 0.15) is 11.1 Å². The molecule has 0 aliphatic carbocycles. The summed E-state index contributed by atoms with van der Waals surface area (Å²) >= 11 is 5.69. The Bertz CT molecular complexity index is 572. The van der Waals surface area contributed by atoms with Crippen molar-refractivity contribution in [3.63, 3.8) is 0 Å². The van der Waals surface area contributed by atoms with E-state index in [0.717, 1.165) is 5.56 Å². The molecule has 0 radical (unpaired) electrons. The molecule has 0 fully saturated rings. The summed E-state index contributed by atoms with van der Waals surface area (Å²) in [5, 5.41) is 19.4. The van der Waals surface area contributed by atoms with E-state index in [0.29, 0.717) is 12.0 Å². The van der Waals surface area contributed by atoms with Crippen LogP contribution in [0.25, 0.3) is 0 Å². The van der Waals surface area contributed by atoms with E-state index < -0.39 is 11.9 Å². The Labute approximate surface area is 116 Å². The standard InChI is InChI=1S/C15H14ClFO2/c16-14-6-2-4-11(15(14)17)9-13(19)8-10-3-1-5-12(18)7-10/h1-7,13,18-19H,8-9H2. The highest BCUT2D eigenvalue weighted by Crippen LogP contribution is 2.20. The smallest absolute Gasteiger partial charge is 0.145 e. The highest BCUT2D eigenvalue weighted by atomic mass is 35.5. The van der Waals surface area contributed by atoms with Crippen LogP contribution in [0.15, 0.2) is 42.5 Å². The molecule has 19 heavy (non-hydrogen) atoms. The van der Waals surface area contributed by atoms with Crippen molar-refractivity contribution in [2.24, 2.45) is 0 Å². The number of benzene rings is 2. The third-order valence-electron chi connectivity index (χ3n) is 2.87. The first-order chi connectivity index (χ1) is 9.06. The second kappa shape index (κ2) is 6.04. The van der Waals surface area contributed by atoms with E-state index in [1.54, 1.807) is 36.4 Å². The third-order valence-corrected chi connectivity index (χ3v) is 3.16. The number of aliphatic hydroxyl groups excluding tert-OH is 1. The molecule has 0 spiro atoms. The Balaban J connectivity index is 2.05. The van der Waals surface area contributed by atoms with Crippen molar-refractivity contribution in [3.05, 3.63) is 64.4 Å². The maximum absolute atomic E-state index is 13.7. The minimum absolute atomic E-state index is 0.0575. The monoisotopic (exact) mass is 280 g/mol. The van der Waals surface area contributed by atoms with Crippen molar-refractivity contribution in [1.82, 2.24) is 0 Å². The van der Waals surface area contributed by atoms with Crippen molar-refractivity contribution in [2.45, 2.75) is 18.9 Å². The van der Waals surface area contributed by atoms with Gasteiger partial charge in [0.05, 0.1) is 11.1 Å². The summed E-state index contributed by atoms with van der Waals surface area (Å²) in [5.41, 5.74) is 1.19. The van der Waals surface area contributed by atoms with Gasteiger partial charge in [0.2, 0.25) is 0 Å². The second-order valence-electron chi connectivity index (χ2n) is 4.44. The number of aromatic hydroxyl groups is 1. The van der Waals surface area contributed by atoms with Gasteiger partial charge in [0, 0.05) is 6.42 Å². The van der Waals surface area contributed by atoms with E-state index in [2.05, 4.69) is 0 Å². The van der Waals surface area contributed by atoms with Gasteiger partial charge in [-0.15, -0.1) is 0 Å². The van der Waals surface area contributed by atoms with Gasteiger partial charge in [-0.3, -0.25) is 0 Å². The fraction of sp³-hybridized carbons (Fsp3) is 0.200. The average Bonchev–Trinajstić information content (AvgIpc) is 2.35. The van der Waals surface area contributed by atoms with Crippen LogP contribution in [0.2, 0.25) is 5.02 Å². The van der Waals surface area contributed by atoms with Crippen molar-refractivity contribution in [2.75, 3.05) is 0 Å². The summed E-state index contributed by atoms with van der Waals surface area (Å²) in [7, 11) is 0. The third kappa shape index (κ3) is 3.69. The van der Waals surface area contributed by atoms with Gasteiger partial charge in [0.25, 0.3) is 0 Å². The molecule has 2 aromatic carbocycles. The van der Waals surface area contributed by atoms with Crippen molar-refractivity contribution >= 4 is 11.6 Å². The molecule has 1 atom stereocenters. The number of phenols is 1. The van der Waals surface area contributed by atoms with Crippen LogP contribution in [0, 0.1) is 5.82 Å². The van der Waals surface area contributed by atoms with Crippen LogP contribution in [0.3, 0.4) is 0 Å². The molecule has 100 valence electrons. The lowest BCUT2D eigenvalue weighted by Gasteiger charge is -2.12. The molecule has 0 aromatic heterocycles. The lowest BCUT2D eigenvalue weighted by atomic mass is 10.0. The van der Waals surface area contributed by atoms with Crippen molar-refractivity contribution in [1.29, 1.82) is 0 Å². The first-order valence-corrected chi connectivity index (χ1v) is 6.33. The van der Waals surface area contributed by atoms with Crippen LogP contribution < -0.4 is 0 Å². The van der Waals surface area contributed by atoms with E-state index >= 15 is 0 Å². The number of hydrogen-bond donors (Lipinski definition) is 2. The van der Waals surface area contributed by atoms with Crippen LogP contribution >= 0.6 is 11.6 Å². The number of aliphatic hydroxyl groups is 1. The molecule has 0 amide bonds. The molecule has 2 aromatic rings. The molecule has 0 heterocycles. The normalized spacial score (nSPS) is 12.4. The molecule has 0 saturated heterocycles. The van der Waals surface area contributed by atoms with E-state index in [1.807, 2.05) is 0 Å². The Morgan fingerprint density at radius 1 is 1.11 bits per heavy atom. The van der Waals surface area contributed by atoms with Gasteiger partial charge in [-0.1, -0.05) is 35.9 Å². The van der Waals surface area contributed by atoms with Gasteiger partial charge < -0.3 is 10.2 Å². The SMILES string of the molecule is Oc1cccc(CC(O)Cc2cccc(Cl)c2F)c1. The van der Waals surface area contributed by atoms with Crippen LogP contribution in [0.5, 0.6) is 5.75 Å². The van der Waals surface area contributed by atoms with E-state index in [9.17, 15) is 14.6 Å². The highest BCUT2D eigenvalue weighted by molar-refractivity contribution is 6.30. The first-order valence-electron chi connectivity index (χ1n) is 5.95. The molecule has 0 aliphatic heterocycles. The number of halogens is 2. The fourth-order valence-electron chi connectivity index (χ4n) is 1.99. The molecule has 0 aliphatic rings. The van der Waals surface area contributed by atoms with E-state index in [1.165, 1.54) is 6.07 Å². The summed E-state index contributed by atoms with van der Waals surface area (Å²) in [6, 6.07) is 11.4. The predicted octanol–water partition coefficient (Wildman–Crippen LogP) is 3.33. The quantitative estimate of drug-likeness (QED) is 0.902. The molecule has 2 N–H and O–H groups in total. The lowest BCUT2D eigenvalue weighted by molar-refractivity contribution is 0.174. The largest absolute Gasteiger partial charge is 0.508 e. The Morgan fingerprint density at radius 2 is 1.84 bits per heavy atom. The summed E-state index contributed by atoms with van der Waals surface area (Å²) < 4.78 is 13.7. The summed E-state index contributed by atoms with van der Waals surface area (Å²) in [6.07, 6.45) is -0.197. The zero-order chi connectivity index (χ0) is 13.8. The molecule has 2 rings (SSSR count). The summed E-state index contributed by atoms with van der Waals surface area (Å²) in [4.78, 5) is 0. The molecule has 4 heteroatoms. The maximum atomic E-state index is 13.7. The number of hydrogen-bond acceptors (Lipinski definition) is 2. The number of phenolic OH excluding ortho intramolecular Hbond substituents is 1. The van der Waals surface area contributed by atoms with Crippen molar-refractivity contribution < 1.29 is 14.6 Å². The minimum Gasteiger partial charge on any atom is -0.508 e. The molecule has 1 unspecified atom stereocenters. The van der Waals surface area contributed by atoms with Gasteiger partial charge in [-0.2, -0.15) is 0 Å².